The molecule has 0 fully saturated rings. The van der Waals surface area contributed by atoms with E-state index >= 15 is 4.39 Å². The summed E-state index contributed by atoms with van der Waals surface area (Å²) in [6.07, 6.45) is 2.42. The number of anilines is 2. The topological polar surface area (TPSA) is 117 Å². The van der Waals surface area contributed by atoms with Crippen molar-refractivity contribution in [1.82, 2.24) is 15.0 Å². The molecule has 0 spiro atoms. The summed E-state index contributed by atoms with van der Waals surface area (Å²) in [6.45, 7) is 2.21. The number of rotatable bonds is 7. The number of aromatic amines is 1. The Morgan fingerprint density at radius 1 is 1.06 bits per heavy atom. The first-order chi connectivity index (χ1) is 16.1. The maximum absolute atomic E-state index is 15.2. The van der Waals surface area contributed by atoms with E-state index in [1.807, 2.05) is 0 Å². The quantitative estimate of drug-likeness (QED) is 0.265. The summed E-state index contributed by atoms with van der Waals surface area (Å²) >= 11 is 0. The molecule has 8 nitrogen and oxygen atoms in total. The molecule has 2 aromatic heterocycles. The van der Waals surface area contributed by atoms with Crippen molar-refractivity contribution in [1.29, 1.82) is 0 Å². The van der Waals surface area contributed by atoms with E-state index in [-0.39, 0.29) is 22.4 Å². The van der Waals surface area contributed by atoms with Crippen LogP contribution in [0.25, 0.3) is 11.0 Å². The van der Waals surface area contributed by atoms with Crippen molar-refractivity contribution >= 4 is 38.3 Å². The Labute approximate surface area is 190 Å². The van der Waals surface area contributed by atoms with Crippen molar-refractivity contribution in [3.63, 3.8) is 0 Å². The largest absolute Gasteiger partial charge is 0.370 e. The molecule has 4 rings (SSSR count). The van der Waals surface area contributed by atoms with Gasteiger partial charge in [0.05, 0.1) is 22.2 Å². The van der Waals surface area contributed by atoms with Crippen molar-refractivity contribution in [2.75, 3.05) is 16.6 Å². The molecule has 0 radical (unpaired) electrons. The smallest absolute Gasteiger partial charge is 0.265 e. The molecule has 0 atom stereocenters. The van der Waals surface area contributed by atoms with Crippen LogP contribution in [0.4, 0.5) is 29.1 Å². The van der Waals surface area contributed by atoms with E-state index < -0.39 is 55.2 Å². The molecule has 4 aromatic rings. The average molecular weight is 493 g/mol. The Morgan fingerprint density at radius 3 is 2.53 bits per heavy atom. The van der Waals surface area contributed by atoms with Gasteiger partial charge in [0.2, 0.25) is 5.78 Å². The van der Waals surface area contributed by atoms with Crippen molar-refractivity contribution in [3.8, 4) is 0 Å². The van der Waals surface area contributed by atoms with Crippen LogP contribution in [0.3, 0.4) is 0 Å². The van der Waals surface area contributed by atoms with Gasteiger partial charge < -0.3 is 10.3 Å². The number of benzene rings is 2. The molecule has 0 aliphatic carbocycles. The zero-order valence-electron chi connectivity index (χ0n) is 17.3. The number of hydrogen-bond donors (Lipinski definition) is 3. The zero-order valence-corrected chi connectivity index (χ0v) is 18.1. The Hall–Kier alpha value is -4.00. The molecular formula is C21H15F4N5O3S. The number of carbonyl (C=O) groups is 1. The minimum Gasteiger partial charge on any atom is -0.370 e. The first kappa shape index (κ1) is 23.2. The maximum atomic E-state index is 15.2. The van der Waals surface area contributed by atoms with Crippen molar-refractivity contribution in [2.24, 2.45) is 0 Å². The lowest BCUT2D eigenvalue weighted by molar-refractivity contribution is 0.103. The van der Waals surface area contributed by atoms with Crippen LogP contribution in [0, 0.1) is 23.3 Å². The van der Waals surface area contributed by atoms with Crippen LogP contribution in [0.2, 0.25) is 0 Å². The van der Waals surface area contributed by atoms with Gasteiger partial charge in [0, 0.05) is 12.7 Å². The molecule has 0 saturated carbocycles. The van der Waals surface area contributed by atoms with Crippen LogP contribution >= 0.6 is 0 Å². The predicted octanol–water partition coefficient (Wildman–Crippen LogP) is 3.98. The first-order valence-corrected chi connectivity index (χ1v) is 11.2. The number of aromatic nitrogens is 3. The Balaban J connectivity index is 1.79. The third-order valence-corrected chi connectivity index (χ3v) is 6.18. The number of ketones is 1. The number of hydrogen-bond acceptors (Lipinski definition) is 6. The monoisotopic (exact) mass is 493 g/mol. The van der Waals surface area contributed by atoms with Crippen LogP contribution in [0.15, 0.2) is 47.8 Å². The highest BCUT2D eigenvalue weighted by molar-refractivity contribution is 7.92. The summed E-state index contributed by atoms with van der Waals surface area (Å²) in [6, 6.07) is 3.08. The van der Waals surface area contributed by atoms with Crippen molar-refractivity contribution in [3.05, 3.63) is 77.3 Å². The Bertz CT molecular complexity index is 1540. The predicted molar refractivity (Wildman–Crippen MR) is 115 cm³/mol. The number of nitrogens with zero attached hydrogens (tertiary/aromatic N) is 2. The fourth-order valence-electron chi connectivity index (χ4n) is 3.30. The van der Waals surface area contributed by atoms with Gasteiger partial charge >= 0.3 is 0 Å². The normalized spacial score (nSPS) is 11.6. The van der Waals surface area contributed by atoms with E-state index in [4.69, 9.17) is 0 Å². The summed E-state index contributed by atoms with van der Waals surface area (Å²) in [5.74, 6) is -6.01. The van der Waals surface area contributed by atoms with Gasteiger partial charge in [-0.1, -0.05) is 0 Å². The lowest BCUT2D eigenvalue weighted by atomic mass is 10.0. The van der Waals surface area contributed by atoms with E-state index in [0.717, 1.165) is 6.07 Å². The van der Waals surface area contributed by atoms with Gasteiger partial charge in [0.25, 0.3) is 10.0 Å². The molecule has 0 aliphatic heterocycles. The minimum absolute atomic E-state index is 0.166. The molecule has 0 saturated heterocycles. The molecule has 3 N–H and O–H groups in total. The second kappa shape index (κ2) is 8.74. The fraction of sp³-hybridized carbons (Fsp3) is 0.0952. The van der Waals surface area contributed by atoms with E-state index in [2.05, 4.69) is 20.3 Å². The van der Waals surface area contributed by atoms with Crippen molar-refractivity contribution < 1.29 is 30.8 Å². The highest BCUT2D eigenvalue weighted by Crippen LogP contribution is 2.30. The van der Waals surface area contributed by atoms with Gasteiger partial charge in [-0.25, -0.2) is 35.9 Å². The third kappa shape index (κ3) is 4.05. The van der Waals surface area contributed by atoms with Crippen LogP contribution in [0.5, 0.6) is 0 Å². The standard InChI is InChI=1S/C21H15F4N5O3S/c1-2-26-20-16-11(8-27-21(16)29-9-28-20)19(31)17-13(24)5-6-14(18(17)25)30-34(32,33)15-7-10(22)3-4-12(15)23/h3-9,30H,2H2,1H3,(H2,26,27,28,29). The molecule has 13 heteroatoms. The lowest BCUT2D eigenvalue weighted by Crippen LogP contribution is -2.18. The number of fused-ring (bicyclic) bond motifs is 1. The minimum atomic E-state index is -4.82. The van der Waals surface area contributed by atoms with Crippen LogP contribution in [-0.4, -0.2) is 35.7 Å². The van der Waals surface area contributed by atoms with Gasteiger partial charge in [-0.2, -0.15) is 0 Å². The molecular weight excluding hydrogens is 478 g/mol. The summed E-state index contributed by atoms with van der Waals surface area (Å²) < 4.78 is 84.0. The van der Waals surface area contributed by atoms with Gasteiger partial charge in [-0.3, -0.25) is 9.52 Å². The maximum Gasteiger partial charge on any atom is 0.265 e. The molecule has 176 valence electrons. The van der Waals surface area contributed by atoms with Crippen molar-refractivity contribution in [2.45, 2.75) is 11.8 Å². The highest BCUT2D eigenvalue weighted by atomic mass is 32.2. The summed E-state index contributed by atoms with van der Waals surface area (Å²) in [5, 5.41) is 3.10. The SMILES string of the molecule is CCNc1ncnc2[nH]cc(C(=O)c3c(F)ccc(NS(=O)(=O)c4cc(F)ccc4F)c3F)c12. The number of H-pyrrole nitrogens is 1. The summed E-state index contributed by atoms with van der Waals surface area (Å²) in [5.41, 5.74) is -1.84. The molecule has 2 aromatic carbocycles. The Morgan fingerprint density at radius 2 is 1.79 bits per heavy atom. The van der Waals surface area contributed by atoms with Crippen LogP contribution in [0.1, 0.15) is 22.8 Å². The number of halogens is 4. The average Bonchev–Trinajstić information content (AvgIpc) is 3.23. The fourth-order valence-corrected chi connectivity index (χ4v) is 4.45. The van der Waals surface area contributed by atoms with E-state index in [1.165, 1.54) is 12.5 Å². The zero-order chi connectivity index (χ0) is 24.6. The van der Waals surface area contributed by atoms with E-state index in [1.54, 1.807) is 11.6 Å². The number of nitrogens with one attached hydrogen (secondary N) is 3. The van der Waals surface area contributed by atoms with Gasteiger partial charge in [-0.05, 0) is 37.3 Å². The highest BCUT2D eigenvalue weighted by Gasteiger charge is 2.28. The Kier molecular flexibility index (Phi) is 5.96. The number of sulfonamides is 1. The second-order valence-corrected chi connectivity index (χ2v) is 8.62. The summed E-state index contributed by atoms with van der Waals surface area (Å²) in [4.78, 5) is 22.8. The second-order valence-electron chi connectivity index (χ2n) is 6.97. The first-order valence-electron chi connectivity index (χ1n) is 9.70. The van der Waals surface area contributed by atoms with Gasteiger partial charge in [0.1, 0.15) is 40.1 Å². The van der Waals surface area contributed by atoms with Gasteiger partial charge in [-0.15, -0.1) is 0 Å². The lowest BCUT2D eigenvalue weighted by Gasteiger charge is -2.12. The van der Waals surface area contributed by atoms with E-state index in [9.17, 15) is 26.4 Å². The molecule has 0 aliphatic rings. The number of carbonyl (C=O) groups excluding carboxylic acids is 1. The third-order valence-electron chi connectivity index (χ3n) is 4.80. The summed E-state index contributed by atoms with van der Waals surface area (Å²) in [7, 11) is -4.82. The van der Waals surface area contributed by atoms with Crippen LogP contribution in [-0.2, 0) is 10.0 Å². The van der Waals surface area contributed by atoms with Gasteiger partial charge in [0.15, 0.2) is 5.82 Å². The molecule has 2 heterocycles. The molecule has 34 heavy (non-hydrogen) atoms. The van der Waals surface area contributed by atoms with Crippen LogP contribution < -0.4 is 10.0 Å². The molecule has 0 amide bonds. The molecule has 0 unspecified atom stereocenters. The molecule has 0 bridgehead atoms. The van der Waals surface area contributed by atoms with E-state index in [0.29, 0.717) is 30.8 Å².